The fourth-order valence-corrected chi connectivity index (χ4v) is 3.16. The zero-order valence-electron chi connectivity index (χ0n) is 11.4. The molecule has 1 aromatic rings. The van der Waals surface area contributed by atoms with E-state index in [2.05, 4.69) is 53.2 Å². The lowest BCUT2D eigenvalue weighted by atomic mass is 9.90. The average molecular weight is 315 g/mol. The quantitative estimate of drug-likeness (QED) is 0.921. The Labute approximate surface area is 118 Å². The number of hydrogen-bond donors (Lipinski definition) is 1. The van der Waals surface area contributed by atoms with Gasteiger partial charge in [-0.2, -0.15) is 0 Å². The minimum Gasteiger partial charge on any atom is -0.453 e. The van der Waals surface area contributed by atoms with Crippen LogP contribution < -0.4 is 5.32 Å². The molecule has 1 N–H and O–H groups in total. The van der Waals surface area contributed by atoms with E-state index in [1.807, 2.05) is 6.07 Å². The topological polar surface area (TPSA) is 28.4 Å². The van der Waals surface area contributed by atoms with Gasteiger partial charge in [0, 0.05) is 12.1 Å². The molecule has 1 aliphatic carbocycles. The summed E-state index contributed by atoms with van der Waals surface area (Å²) in [5, 5.41) is 3.38. The number of nitrogens with zero attached hydrogens (tertiary/aromatic N) is 1. The Bertz CT molecular complexity index is 372. The Morgan fingerprint density at radius 1 is 1.33 bits per heavy atom. The first-order valence-corrected chi connectivity index (χ1v) is 7.55. The van der Waals surface area contributed by atoms with Gasteiger partial charge in [0.15, 0.2) is 4.67 Å². The highest BCUT2D eigenvalue weighted by molar-refractivity contribution is 9.10. The Balaban J connectivity index is 1.93. The van der Waals surface area contributed by atoms with Crippen LogP contribution in [0.1, 0.15) is 44.4 Å². The highest BCUT2D eigenvalue weighted by Crippen LogP contribution is 2.30. The van der Waals surface area contributed by atoms with Crippen LogP contribution in [0.3, 0.4) is 0 Å². The van der Waals surface area contributed by atoms with E-state index in [9.17, 15) is 0 Å². The van der Waals surface area contributed by atoms with Crippen LogP contribution in [0, 0.1) is 0 Å². The fraction of sp³-hybridized carbons (Fsp3) is 0.714. The van der Waals surface area contributed by atoms with Crippen molar-refractivity contribution in [2.45, 2.75) is 50.7 Å². The van der Waals surface area contributed by atoms with Gasteiger partial charge in [-0.25, -0.2) is 0 Å². The van der Waals surface area contributed by atoms with E-state index >= 15 is 0 Å². The van der Waals surface area contributed by atoms with E-state index < -0.39 is 0 Å². The van der Waals surface area contributed by atoms with Gasteiger partial charge >= 0.3 is 0 Å². The van der Waals surface area contributed by atoms with Crippen molar-refractivity contribution in [1.82, 2.24) is 10.2 Å². The molecule has 1 saturated carbocycles. The molecule has 2 rings (SSSR count). The second-order valence-electron chi connectivity index (χ2n) is 5.28. The number of rotatable bonds is 4. The van der Waals surface area contributed by atoms with Crippen molar-refractivity contribution in [3.8, 4) is 0 Å². The third-order valence-corrected chi connectivity index (χ3v) is 4.72. The van der Waals surface area contributed by atoms with E-state index in [4.69, 9.17) is 4.42 Å². The highest BCUT2D eigenvalue weighted by atomic mass is 79.9. The zero-order chi connectivity index (χ0) is 13.1. The van der Waals surface area contributed by atoms with E-state index in [1.165, 1.54) is 25.7 Å². The van der Waals surface area contributed by atoms with E-state index in [1.54, 1.807) is 0 Å². The van der Waals surface area contributed by atoms with Gasteiger partial charge in [-0.05, 0) is 74.8 Å². The Hall–Kier alpha value is -0.320. The summed E-state index contributed by atoms with van der Waals surface area (Å²) in [5.41, 5.74) is 0. The molecule has 3 nitrogen and oxygen atoms in total. The third-order valence-electron chi connectivity index (χ3n) is 4.30. The number of halogens is 1. The van der Waals surface area contributed by atoms with Crippen molar-refractivity contribution in [1.29, 1.82) is 0 Å². The van der Waals surface area contributed by atoms with E-state index in [0.29, 0.717) is 18.1 Å². The van der Waals surface area contributed by atoms with Crippen LogP contribution in [0.2, 0.25) is 0 Å². The predicted octanol–water partition coefficient (Wildman–Crippen LogP) is 3.57. The monoisotopic (exact) mass is 314 g/mol. The maximum absolute atomic E-state index is 5.66. The Morgan fingerprint density at radius 3 is 2.50 bits per heavy atom. The molecule has 1 fully saturated rings. The maximum Gasteiger partial charge on any atom is 0.169 e. The van der Waals surface area contributed by atoms with Gasteiger partial charge in [0.2, 0.25) is 0 Å². The van der Waals surface area contributed by atoms with Crippen molar-refractivity contribution >= 4 is 15.9 Å². The van der Waals surface area contributed by atoms with Gasteiger partial charge in [0.1, 0.15) is 5.76 Å². The van der Waals surface area contributed by atoms with Crippen molar-refractivity contribution in [3.63, 3.8) is 0 Å². The summed E-state index contributed by atoms with van der Waals surface area (Å²) in [7, 11) is 4.28. The number of nitrogens with one attached hydrogen (secondary N) is 1. The lowest BCUT2D eigenvalue weighted by Crippen LogP contribution is -2.40. The minimum absolute atomic E-state index is 0.340. The second kappa shape index (κ2) is 6.22. The molecular weight excluding hydrogens is 292 g/mol. The first-order valence-electron chi connectivity index (χ1n) is 6.76. The maximum atomic E-state index is 5.66. The van der Waals surface area contributed by atoms with Crippen LogP contribution in [0.5, 0.6) is 0 Å². The molecule has 1 heterocycles. The first kappa shape index (κ1) is 14.1. The van der Waals surface area contributed by atoms with Gasteiger partial charge in [-0.3, -0.25) is 4.90 Å². The molecule has 1 aliphatic rings. The molecular formula is C14H23BrN2O. The number of hydrogen-bond acceptors (Lipinski definition) is 3. The molecule has 0 radical (unpaired) electrons. The van der Waals surface area contributed by atoms with Crippen LogP contribution >= 0.6 is 15.9 Å². The average Bonchev–Trinajstić information content (AvgIpc) is 2.84. The molecule has 0 aliphatic heterocycles. The van der Waals surface area contributed by atoms with Crippen LogP contribution in [0.15, 0.2) is 21.2 Å². The summed E-state index contributed by atoms with van der Waals surface area (Å²) < 4.78 is 6.48. The van der Waals surface area contributed by atoms with E-state index in [0.717, 1.165) is 10.4 Å². The standard InChI is InChI=1S/C14H23BrN2O/c1-10(13-8-9-14(15)18-13)17(3)12-6-4-11(16-2)5-7-12/h8-12,16H,4-7H2,1-3H3. The van der Waals surface area contributed by atoms with Gasteiger partial charge in [-0.15, -0.1) is 0 Å². The fourth-order valence-electron chi connectivity index (χ4n) is 2.84. The minimum atomic E-state index is 0.340. The van der Waals surface area contributed by atoms with Crippen molar-refractivity contribution in [2.24, 2.45) is 0 Å². The first-order chi connectivity index (χ1) is 8.61. The van der Waals surface area contributed by atoms with Crippen molar-refractivity contribution in [3.05, 3.63) is 22.6 Å². The van der Waals surface area contributed by atoms with E-state index in [-0.39, 0.29) is 0 Å². The zero-order valence-corrected chi connectivity index (χ0v) is 13.0. The molecule has 0 spiro atoms. The van der Waals surface area contributed by atoms with Crippen molar-refractivity contribution in [2.75, 3.05) is 14.1 Å². The molecule has 0 aromatic carbocycles. The summed E-state index contributed by atoms with van der Waals surface area (Å²) in [6, 6.07) is 5.76. The van der Waals surface area contributed by atoms with Crippen molar-refractivity contribution < 1.29 is 4.42 Å². The van der Waals surface area contributed by atoms with Gasteiger partial charge in [-0.1, -0.05) is 0 Å². The smallest absolute Gasteiger partial charge is 0.169 e. The summed E-state index contributed by atoms with van der Waals surface area (Å²) in [6.07, 6.45) is 5.10. The van der Waals surface area contributed by atoms with Crippen LogP contribution in [0.4, 0.5) is 0 Å². The Morgan fingerprint density at radius 2 is 2.00 bits per heavy atom. The summed E-state index contributed by atoms with van der Waals surface area (Å²) in [4.78, 5) is 2.46. The molecule has 1 unspecified atom stereocenters. The van der Waals surface area contributed by atoms with Crippen LogP contribution in [-0.2, 0) is 0 Å². The second-order valence-corrected chi connectivity index (χ2v) is 6.06. The molecule has 0 saturated heterocycles. The predicted molar refractivity (Wildman–Crippen MR) is 77.7 cm³/mol. The lowest BCUT2D eigenvalue weighted by molar-refractivity contribution is 0.123. The largest absolute Gasteiger partial charge is 0.453 e. The molecule has 1 atom stereocenters. The molecule has 1 aromatic heterocycles. The molecule has 102 valence electrons. The molecule has 18 heavy (non-hydrogen) atoms. The van der Waals surface area contributed by atoms with Gasteiger partial charge < -0.3 is 9.73 Å². The van der Waals surface area contributed by atoms with Gasteiger partial charge in [0.25, 0.3) is 0 Å². The summed E-state index contributed by atoms with van der Waals surface area (Å²) in [5.74, 6) is 1.04. The Kier molecular flexibility index (Phi) is 4.87. The highest BCUT2D eigenvalue weighted by Gasteiger charge is 2.27. The SMILES string of the molecule is CNC1CCC(N(C)C(C)c2ccc(Br)o2)CC1. The molecule has 4 heteroatoms. The van der Waals surface area contributed by atoms with Crippen LogP contribution in [0.25, 0.3) is 0 Å². The molecule has 0 bridgehead atoms. The summed E-state index contributed by atoms with van der Waals surface area (Å²) >= 11 is 3.37. The third kappa shape index (κ3) is 3.16. The lowest BCUT2D eigenvalue weighted by Gasteiger charge is -2.37. The van der Waals surface area contributed by atoms with Gasteiger partial charge in [0.05, 0.1) is 6.04 Å². The van der Waals surface area contributed by atoms with Crippen LogP contribution in [-0.4, -0.2) is 31.1 Å². The normalized spacial score (nSPS) is 26.5. The number of furan rings is 1. The summed E-state index contributed by atoms with van der Waals surface area (Å²) in [6.45, 7) is 2.22. The molecule has 0 amide bonds.